The normalized spacial score (nSPS) is 18.5. The Kier molecular flexibility index (Phi) is 5.01. The molecule has 1 unspecified atom stereocenters. The molecule has 0 saturated heterocycles. The third-order valence-corrected chi connectivity index (χ3v) is 4.30. The topological polar surface area (TPSA) is 32.3 Å². The molecular formula is C14H20BrNO. The fourth-order valence-electron chi connectivity index (χ4n) is 2.52. The summed E-state index contributed by atoms with van der Waals surface area (Å²) in [5.41, 5.74) is 1.19. The number of aliphatic hydroxyl groups excluding tert-OH is 1. The van der Waals surface area contributed by atoms with E-state index >= 15 is 0 Å². The Labute approximate surface area is 112 Å². The number of nitrogens with one attached hydrogen (secondary N) is 1. The standard InChI is InChI=1S/C14H20BrNO/c15-14-8-4-3-7-13(14)11(10-17)9-16-12-5-1-2-6-12/h3-4,7-8,11-12,16-17H,1-2,5-6,9-10H2. The molecule has 0 bridgehead atoms. The minimum Gasteiger partial charge on any atom is -0.396 e. The predicted molar refractivity (Wildman–Crippen MR) is 74.2 cm³/mol. The quantitative estimate of drug-likeness (QED) is 0.875. The molecule has 2 N–H and O–H groups in total. The van der Waals surface area contributed by atoms with E-state index in [1.54, 1.807) is 0 Å². The lowest BCUT2D eigenvalue weighted by atomic mass is 9.99. The van der Waals surface area contributed by atoms with E-state index in [1.807, 2.05) is 18.2 Å². The second kappa shape index (κ2) is 6.53. The van der Waals surface area contributed by atoms with Gasteiger partial charge in [0.1, 0.15) is 0 Å². The van der Waals surface area contributed by atoms with E-state index < -0.39 is 0 Å². The average molecular weight is 298 g/mol. The molecule has 0 aliphatic heterocycles. The van der Waals surface area contributed by atoms with Gasteiger partial charge in [-0.1, -0.05) is 47.0 Å². The zero-order valence-electron chi connectivity index (χ0n) is 10.0. The van der Waals surface area contributed by atoms with Gasteiger partial charge in [0.05, 0.1) is 6.61 Å². The van der Waals surface area contributed by atoms with Gasteiger partial charge in [0.15, 0.2) is 0 Å². The zero-order chi connectivity index (χ0) is 12.1. The summed E-state index contributed by atoms with van der Waals surface area (Å²) in [6.07, 6.45) is 5.26. The van der Waals surface area contributed by atoms with Crippen molar-refractivity contribution in [1.29, 1.82) is 0 Å². The molecule has 2 rings (SSSR count). The fourth-order valence-corrected chi connectivity index (χ4v) is 3.13. The van der Waals surface area contributed by atoms with Crippen molar-refractivity contribution in [3.05, 3.63) is 34.3 Å². The van der Waals surface area contributed by atoms with Gasteiger partial charge in [-0.25, -0.2) is 0 Å². The van der Waals surface area contributed by atoms with Gasteiger partial charge >= 0.3 is 0 Å². The lowest BCUT2D eigenvalue weighted by Gasteiger charge is -2.20. The number of aliphatic hydroxyl groups is 1. The molecule has 0 aromatic heterocycles. The highest BCUT2D eigenvalue weighted by Crippen LogP contribution is 2.25. The maximum Gasteiger partial charge on any atom is 0.0512 e. The molecule has 0 radical (unpaired) electrons. The van der Waals surface area contributed by atoms with Gasteiger partial charge in [0.25, 0.3) is 0 Å². The summed E-state index contributed by atoms with van der Waals surface area (Å²) >= 11 is 3.55. The van der Waals surface area contributed by atoms with Crippen LogP contribution in [0.1, 0.15) is 37.2 Å². The van der Waals surface area contributed by atoms with Crippen LogP contribution in [0.4, 0.5) is 0 Å². The van der Waals surface area contributed by atoms with Gasteiger partial charge < -0.3 is 10.4 Å². The van der Waals surface area contributed by atoms with Crippen LogP contribution in [0.2, 0.25) is 0 Å². The summed E-state index contributed by atoms with van der Waals surface area (Å²) < 4.78 is 1.09. The lowest BCUT2D eigenvalue weighted by molar-refractivity contribution is 0.258. The first-order valence-corrected chi connectivity index (χ1v) is 7.19. The molecule has 0 heterocycles. The smallest absolute Gasteiger partial charge is 0.0512 e. The number of rotatable bonds is 5. The molecule has 0 spiro atoms. The van der Waals surface area contributed by atoms with Crippen LogP contribution in [0.5, 0.6) is 0 Å². The summed E-state index contributed by atoms with van der Waals surface area (Å²) in [7, 11) is 0. The van der Waals surface area contributed by atoms with Gasteiger partial charge in [-0.05, 0) is 24.5 Å². The predicted octanol–water partition coefficient (Wildman–Crippen LogP) is 3.06. The third-order valence-electron chi connectivity index (χ3n) is 3.57. The van der Waals surface area contributed by atoms with Gasteiger partial charge in [0.2, 0.25) is 0 Å². The van der Waals surface area contributed by atoms with Crippen LogP contribution in [0.25, 0.3) is 0 Å². The van der Waals surface area contributed by atoms with Crippen molar-refractivity contribution in [2.24, 2.45) is 0 Å². The summed E-state index contributed by atoms with van der Waals surface area (Å²) in [6, 6.07) is 8.81. The number of halogens is 1. The summed E-state index contributed by atoms with van der Waals surface area (Å²) in [6.45, 7) is 1.06. The van der Waals surface area contributed by atoms with Crippen molar-refractivity contribution in [1.82, 2.24) is 5.32 Å². The minimum absolute atomic E-state index is 0.186. The van der Waals surface area contributed by atoms with E-state index in [9.17, 15) is 5.11 Å². The Morgan fingerprint density at radius 2 is 2.00 bits per heavy atom. The van der Waals surface area contributed by atoms with Gasteiger partial charge in [-0.15, -0.1) is 0 Å². The van der Waals surface area contributed by atoms with Crippen LogP contribution in [0, 0.1) is 0 Å². The monoisotopic (exact) mass is 297 g/mol. The van der Waals surface area contributed by atoms with E-state index in [0.717, 1.165) is 11.0 Å². The molecular weight excluding hydrogens is 278 g/mol. The first kappa shape index (κ1) is 13.1. The Balaban J connectivity index is 1.94. The molecule has 1 aliphatic rings. The Morgan fingerprint density at radius 3 is 2.65 bits per heavy atom. The summed E-state index contributed by atoms with van der Waals surface area (Å²) in [5.74, 6) is 0.186. The van der Waals surface area contributed by atoms with E-state index in [2.05, 4.69) is 27.3 Å². The highest BCUT2D eigenvalue weighted by atomic mass is 79.9. The van der Waals surface area contributed by atoms with Crippen LogP contribution in [-0.4, -0.2) is 24.3 Å². The SMILES string of the molecule is OCC(CNC1CCCC1)c1ccccc1Br. The van der Waals surface area contributed by atoms with E-state index in [1.165, 1.54) is 31.2 Å². The van der Waals surface area contributed by atoms with Crippen LogP contribution in [-0.2, 0) is 0 Å². The van der Waals surface area contributed by atoms with Gasteiger partial charge in [-0.3, -0.25) is 0 Å². The van der Waals surface area contributed by atoms with Crippen molar-refractivity contribution < 1.29 is 5.11 Å². The van der Waals surface area contributed by atoms with E-state index in [4.69, 9.17) is 0 Å². The first-order valence-electron chi connectivity index (χ1n) is 6.40. The van der Waals surface area contributed by atoms with Crippen molar-refractivity contribution in [2.45, 2.75) is 37.6 Å². The molecule has 3 heteroatoms. The molecule has 1 saturated carbocycles. The van der Waals surface area contributed by atoms with Crippen LogP contribution >= 0.6 is 15.9 Å². The fraction of sp³-hybridized carbons (Fsp3) is 0.571. The first-order chi connectivity index (χ1) is 8.31. The maximum atomic E-state index is 9.52. The summed E-state index contributed by atoms with van der Waals surface area (Å²) in [4.78, 5) is 0. The number of hydrogen-bond donors (Lipinski definition) is 2. The molecule has 1 aromatic carbocycles. The molecule has 1 aliphatic carbocycles. The van der Waals surface area contributed by atoms with Gasteiger partial charge in [-0.2, -0.15) is 0 Å². The largest absolute Gasteiger partial charge is 0.396 e. The van der Waals surface area contributed by atoms with Crippen LogP contribution < -0.4 is 5.32 Å². The van der Waals surface area contributed by atoms with Crippen LogP contribution in [0.3, 0.4) is 0 Å². The molecule has 1 fully saturated rings. The van der Waals surface area contributed by atoms with Crippen LogP contribution in [0.15, 0.2) is 28.7 Å². The second-order valence-electron chi connectivity index (χ2n) is 4.79. The molecule has 2 nitrogen and oxygen atoms in total. The highest BCUT2D eigenvalue weighted by molar-refractivity contribution is 9.10. The Bertz CT molecular complexity index is 350. The Hall–Kier alpha value is -0.380. The van der Waals surface area contributed by atoms with E-state index in [-0.39, 0.29) is 12.5 Å². The third kappa shape index (κ3) is 3.54. The lowest BCUT2D eigenvalue weighted by Crippen LogP contribution is -2.31. The van der Waals surface area contributed by atoms with Gasteiger partial charge in [0, 0.05) is 23.0 Å². The van der Waals surface area contributed by atoms with E-state index in [0.29, 0.717) is 6.04 Å². The average Bonchev–Trinajstić information content (AvgIpc) is 2.85. The van der Waals surface area contributed by atoms with Crippen molar-refractivity contribution in [2.75, 3.05) is 13.2 Å². The molecule has 1 atom stereocenters. The van der Waals surface area contributed by atoms with Crippen molar-refractivity contribution in [3.63, 3.8) is 0 Å². The Morgan fingerprint density at radius 1 is 1.29 bits per heavy atom. The second-order valence-corrected chi connectivity index (χ2v) is 5.64. The number of hydrogen-bond acceptors (Lipinski definition) is 2. The molecule has 17 heavy (non-hydrogen) atoms. The molecule has 94 valence electrons. The minimum atomic E-state index is 0.186. The molecule has 1 aromatic rings. The van der Waals surface area contributed by atoms with Crippen molar-refractivity contribution >= 4 is 15.9 Å². The highest BCUT2D eigenvalue weighted by Gasteiger charge is 2.18. The molecule has 0 amide bonds. The summed E-state index contributed by atoms with van der Waals surface area (Å²) in [5, 5.41) is 13.1. The van der Waals surface area contributed by atoms with Crippen molar-refractivity contribution in [3.8, 4) is 0 Å². The zero-order valence-corrected chi connectivity index (χ0v) is 11.6. The maximum absolute atomic E-state index is 9.52. The number of benzene rings is 1.